The van der Waals surface area contributed by atoms with Crippen molar-refractivity contribution >= 4 is 107 Å². The average Bonchev–Trinajstić information content (AvgIpc) is 2.00. The largest absolute Gasteiger partial charge is 0.481 e. The van der Waals surface area contributed by atoms with Crippen molar-refractivity contribution in [3.05, 3.63) is 0 Å². The average molecular weight is 287 g/mol. The summed E-state index contributed by atoms with van der Waals surface area (Å²) in [6, 6.07) is 0. The van der Waals surface area contributed by atoms with E-state index in [1.165, 1.54) is 0 Å². The van der Waals surface area contributed by atoms with E-state index in [1.807, 2.05) is 0 Å². The Bertz CT molecular complexity index is 282. The van der Waals surface area contributed by atoms with Crippen LogP contribution in [0.1, 0.15) is 6.42 Å². The third-order valence-corrected chi connectivity index (χ3v) is 1.48. The van der Waals surface area contributed by atoms with Crippen LogP contribution in [-0.4, -0.2) is 144 Å². The van der Waals surface area contributed by atoms with Crippen molar-refractivity contribution < 1.29 is 39.9 Å². The maximum Gasteiger partial charge on any atom is 0.339 e. The minimum Gasteiger partial charge on any atom is -0.481 e. The second-order valence-electron chi connectivity index (χ2n) is 2.54. The summed E-state index contributed by atoms with van der Waals surface area (Å²) in [7, 11) is 0. The Morgan fingerprint density at radius 1 is 1.12 bits per heavy atom. The molecule has 83 valence electrons. The van der Waals surface area contributed by atoms with Crippen LogP contribution >= 0.6 is 0 Å². The molecule has 0 spiro atoms. The van der Waals surface area contributed by atoms with Crippen molar-refractivity contribution in [3.63, 3.8) is 0 Å². The minimum absolute atomic E-state index is 0. The van der Waals surface area contributed by atoms with Gasteiger partial charge in [0.05, 0.1) is 6.42 Å². The molecular formula is C6H8CaKO8. The van der Waals surface area contributed by atoms with Gasteiger partial charge < -0.3 is 25.5 Å². The molecule has 0 saturated carbocycles. The van der Waals surface area contributed by atoms with Crippen LogP contribution in [0.5, 0.6) is 0 Å². The molecule has 16 heavy (non-hydrogen) atoms. The zero-order valence-corrected chi connectivity index (χ0v) is 13.8. The third kappa shape index (κ3) is 6.24. The fourth-order valence-electron chi connectivity index (χ4n) is 0.724. The van der Waals surface area contributed by atoms with E-state index in [4.69, 9.17) is 25.5 Å². The van der Waals surface area contributed by atoms with E-state index in [0.29, 0.717) is 0 Å². The number of aliphatic hydroxyl groups is 2. The molecule has 0 aliphatic rings. The first kappa shape index (κ1) is 22.4. The Balaban J connectivity index is -0.000000845. The summed E-state index contributed by atoms with van der Waals surface area (Å²) in [4.78, 5) is 30.7. The van der Waals surface area contributed by atoms with Crippen LogP contribution < -0.4 is 0 Å². The molecule has 0 bridgehead atoms. The number of carboxylic acids is 3. The van der Waals surface area contributed by atoms with Crippen LogP contribution in [0.25, 0.3) is 0 Å². The molecule has 0 aliphatic carbocycles. The molecule has 10 heteroatoms. The molecule has 0 aromatic carbocycles. The Hall–Kier alpha value is 1.23. The fourth-order valence-corrected chi connectivity index (χ4v) is 0.724. The number of hydrogen-bond acceptors (Lipinski definition) is 5. The second-order valence-corrected chi connectivity index (χ2v) is 2.54. The van der Waals surface area contributed by atoms with Gasteiger partial charge in [0.25, 0.3) is 0 Å². The fraction of sp³-hybridized carbons (Fsp3) is 0.500. The first-order valence-electron chi connectivity index (χ1n) is 3.30. The monoisotopic (exact) mass is 287 g/mol. The maximum absolute atomic E-state index is 10.4. The summed E-state index contributed by atoms with van der Waals surface area (Å²) in [6.07, 6.45) is -4.11. The normalized spacial score (nSPS) is 14.6. The topological polar surface area (TPSA) is 152 Å². The van der Waals surface area contributed by atoms with E-state index in [-0.39, 0.29) is 89.1 Å². The predicted molar refractivity (Wildman–Crippen MR) is 50.0 cm³/mol. The summed E-state index contributed by atoms with van der Waals surface area (Å²) in [6.45, 7) is 0. The molecule has 0 aromatic rings. The van der Waals surface area contributed by atoms with Gasteiger partial charge in [-0.3, -0.25) is 4.79 Å². The molecule has 0 aromatic heterocycles. The van der Waals surface area contributed by atoms with Gasteiger partial charge in [0, 0.05) is 89.1 Å². The van der Waals surface area contributed by atoms with Gasteiger partial charge in [-0.05, 0) is 0 Å². The first-order chi connectivity index (χ1) is 6.21. The summed E-state index contributed by atoms with van der Waals surface area (Å²) in [5.41, 5.74) is -3.22. The Kier molecular flexibility index (Phi) is 12.9. The third-order valence-electron chi connectivity index (χ3n) is 1.48. The van der Waals surface area contributed by atoms with Crippen molar-refractivity contribution in [3.8, 4) is 0 Å². The summed E-state index contributed by atoms with van der Waals surface area (Å²) in [5, 5.41) is 42.6. The van der Waals surface area contributed by atoms with Gasteiger partial charge in [-0.1, -0.05) is 0 Å². The van der Waals surface area contributed by atoms with Gasteiger partial charge in [-0.25, -0.2) is 9.59 Å². The van der Waals surface area contributed by atoms with Gasteiger partial charge >= 0.3 is 17.9 Å². The van der Waals surface area contributed by atoms with Crippen LogP contribution in [0.2, 0.25) is 0 Å². The van der Waals surface area contributed by atoms with E-state index in [1.54, 1.807) is 0 Å². The molecule has 0 aliphatic heterocycles. The summed E-state index contributed by atoms with van der Waals surface area (Å²) < 4.78 is 0. The Morgan fingerprint density at radius 3 is 1.69 bits per heavy atom. The van der Waals surface area contributed by atoms with E-state index >= 15 is 0 Å². The van der Waals surface area contributed by atoms with Gasteiger partial charge in [-0.15, -0.1) is 0 Å². The number of carbonyl (C=O) groups is 3. The molecule has 2 unspecified atom stereocenters. The first-order valence-corrected chi connectivity index (χ1v) is 3.30. The molecule has 8 nitrogen and oxygen atoms in total. The molecular weight excluding hydrogens is 279 g/mol. The van der Waals surface area contributed by atoms with E-state index in [0.717, 1.165) is 0 Å². The van der Waals surface area contributed by atoms with Crippen LogP contribution in [-0.2, 0) is 14.4 Å². The SMILES string of the molecule is O=C(O)CC(O)(C(=O)O)C(O)C(=O)O.[Ca].[K]. The van der Waals surface area contributed by atoms with Crippen LogP contribution in [0, 0.1) is 0 Å². The number of rotatable bonds is 5. The van der Waals surface area contributed by atoms with Gasteiger partial charge in [-0.2, -0.15) is 0 Å². The Labute approximate surface area is 162 Å². The zero-order chi connectivity index (χ0) is 11.5. The molecule has 0 heterocycles. The van der Waals surface area contributed by atoms with Crippen molar-refractivity contribution in [2.45, 2.75) is 18.1 Å². The standard InChI is InChI=1S/C6H8O8.Ca.K/c7-2(8)1-6(14,5(12)13)3(9)4(10)11;;/h3,9,14H,1H2,(H,7,8)(H,10,11)(H,12,13);;. The molecule has 3 radical (unpaired) electrons. The number of aliphatic carboxylic acids is 3. The predicted octanol–water partition coefficient (Wildman–Crippen LogP) is -3.04. The summed E-state index contributed by atoms with van der Waals surface area (Å²) in [5.74, 6) is -5.87. The maximum atomic E-state index is 10.4. The molecule has 0 saturated heterocycles. The zero-order valence-electron chi connectivity index (χ0n) is 8.45. The van der Waals surface area contributed by atoms with E-state index in [9.17, 15) is 14.4 Å². The second kappa shape index (κ2) is 9.20. The smallest absolute Gasteiger partial charge is 0.339 e. The van der Waals surface area contributed by atoms with Gasteiger partial charge in [0.15, 0.2) is 6.10 Å². The molecule has 5 N–H and O–H groups in total. The minimum atomic E-state index is -3.22. The van der Waals surface area contributed by atoms with Crippen LogP contribution in [0.15, 0.2) is 0 Å². The molecule has 0 rings (SSSR count). The summed E-state index contributed by atoms with van der Waals surface area (Å²) >= 11 is 0. The van der Waals surface area contributed by atoms with Crippen molar-refractivity contribution in [2.24, 2.45) is 0 Å². The molecule has 2 atom stereocenters. The molecule has 0 fully saturated rings. The Morgan fingerprint density at radius 2 is 1.50 bits per heavy atom. The van der Waals surface area contributed by atoms with Crippen molar-refractivity contribution in [2.75, 3.05) is 0 Å². The quantitative estimate of drug-likeness (QED) is 0.335. The van der Waals surface area contributed by atoms with Crippen LogP contribution in [0.3, 0.4) is 0 Å². The van der Waals surface area contributed by atoms with E-state index < -0.39 is 36.0 Å². The number of aliphatic hydroxyl groups excluding tert-OH is 1. The molecule has 0 amide bonds. The van der Waals surface area contributed by atoms with Crippen molar-refractivity contribution in [1.29, 1.82) is 0 Å². The van der Waals surface area contributed by atoms with E-state index in [2.05, 4.69) is 0 Å². The number of hydrogen-bond donors (Lipinski definition) is 5. The van der Waals surface area contributed by atoms with Crippen molar-refractivity contribution in [1.82, 2.24) is 0 Å². The van der Waals surface area contributed by atoms with Crippen LogP contribution in [0.4, 0.5) is 0 Å². The number of carboxylic acid groups (broad SMARTS) is 3. The van der Waals surface area contributed by atoms with Gasteiger partial charge in [0.1, 0.15) is 0 Å². The van der Waals surface area contributed by atoms with Gasteiger partial charge in [0.2, 0.25) is 5.60 Å².